The zero-order valence-electron chi connectivity index (χ0n) is 7.27. The standard InChI is InChI=1S/C9H14N2O2/c10-4-8(11)7-3-1-2-6(5-12)9(7)13/h1-3,8,12-13H,4-5,10-11H2. The number of phenols is 1. The zero-order chi connectivity index (χ0) is 9.84. The molecule has 4 nitrogen and oxygen atoms in total. The van der Waals surface area contributed by atoms with Gasteiger partial charge in [0.15, 0.2) is 0 Å². The molecule has 0 spiro atoms. The maximum absolute atomic E-state index is 9.59. The summed E-state index contributed by atoms with van der Waals surface area (Å²) in [6, 6.07) is 4.69. The van der Waals surface area contributed by atoms with Crippen LogP contribution in [-0.4, -0.2) is 16.8 Å². The minimum atomic E-state index is -0.383. The Bertz CT molecular complexity index is 289. The van der Waals surface area contributed by atoms with Crippen LogP contribution in [0.3, 0.4) is 0 Å². The monoisotopic (exact) mass is 182 g/mol. The van der Waals surface area contributed by atoms with Crippen LogP contribution >= 0.6 is 0 Å². The molecule has 0 radical (unpaired) electrons. The van der Waals surface area contributed by atoms with Gasteiger partial charge in [0.25, 0.3) is 0 Å². The van der Waals surface area contributed by atoms with Crippen molar-refractivity contribution in [2.75, 3.05) is 6.54 Å². The van der Waals surface area contributed by atoms with Crippen LogP contribution in [0.15, 0.2) is 18.2 Å². The van der Waals surface area contributed by atoms with Gasteiger partial charge in [0.2, 0.25) is 0 Å². The van der Waals surface area contributed by atoms with Crippen molar-refractivity contribution in [3.05, 3.63) is 29.3 Å². The Morgan fingerprint density at radius 1 is 1.38 bits per heavy atom. The summed E-state index contributed by atoms with van der Waals surface area (Å²) in [6.45, 7) is 0.0689. The third kappa shape index (κ3) is 1.98. The number of hydrogen-bond donors (Lipinski definition) is 4. The summed E-state index contributed by atoms with van der Waals surface area (Å²) in [4.78, 5) is 0. The molecule has 13 heavy (non-hydrogen) atoms. The molecular weight excluding hydrogens is 168 g/mol. The highest BCUT2D eigenvalue weighted by Gasteiger charge is 2.11. The summed E-state index contributed by atoms with van der Waals surface area (Å²) in [5, 5.41) is 18.5. The molecule has 6 N–H and O–H groups in total. The fourth-order valence-corrected chi connectivity index (χ4v) is 1.16. The summed E-state index contributed by atoms with van der Waals surface area (Å²) in [5.41, 5.74) is 12.1. The van der Waals surface area contributed by atoms with Gasteiger partial charge < -0.3 is 21.7 Å². The summed E-state index contributed by atoms with van der Waals surface area (Å²) >= 11 is 0. The van der Waals surface area contributed by atoms with Crippen molar-refractivity contribution in [1.29, 1.82) is 0 Å². The van der Waals surface area contributed by atoms with E-state index in [4.69, 9.17) is 16.6 Å². The van der Waals surface area contributed by atoms with E-state index < -0.39 is 0 Å². The number of aliphatic hydroxyl groups excluding tert-OH is 1. The van der Waals surface area contributed by atoms with Crippen molar-refractivity contribution >= 4 is 0 Å². The molecule has 0 aliphatic heterocycles. The molecule has 0 heterocycles. The average Bonchev–Trinajstić information content (AvgIpc) is 2.17. The molecule has 1 aromatic carbocycles. The van der Waals surface area contributed by atoms with Gasteiger partial charge >= 0.3 is 0 Å². The number of benzene rings is 1. The van der Waals surface area contributed by atoms with Crippen molar-refractivity contribution in [1.82, 2.24) is 0 Å². The maximum Gasteiger partial charge on any atom is 0.125 e. The van der Waals surface area contributed by atoms with Gasteiger partial charge in [-0.2, -0.15) is 0 Å². The molecule has 4 heteroatoms. The highest BCUT2D eigenvalue weighted by atomic mass is 16.3. The summed E-state index contributed by atoms with van der Waals surface area (Å²) in [6.07, 6.45) is 0. The molecule has 0 saturated heterocycles. The fraction of sp³-hybridized carbons (Fsp3) is 0.333. The van der Waals surface area contributed by atoms with E-state index >= 15 is 0 Å². The lowest BCUT2D eigenvalue weighted by Crippen LogP contribution is -2.21. The van der Waals surface area contributed by atoms with Gasteiger partial charge in [-0.3, -0.25) is 0 Å². The molecule has 1 unspecified atom stereocenters. The molecule has 0 aliphatic rings. The van der Waals surface area contributed by atoms with Gasteiger partial charge in [0.05, 0.1) is 6.61 Å². The predicted molar refractivity (Wildman–Crippen MR) is 50.0 cm³/mol. The molecule has 72 valence electrons. The Labute approximate surface area is 76.8 Å². The van der Waals surface area contributed by atoms with E-state index in [0.717, 1.165) is 0 Å². The quantitative estimate of drug-likeness (QED) is 0.522. The van der Waals surface area contributed by atoms with Crippen LogP contribution in [0.5, 0.6) is 5.75 Å². The second kappa shape index (κ2) is 4.23. The number of aromatic hydroxyl groups is 1. The van der Waals surface area contributed by atoms with Crippen molar-refractivity contribution in [2.24, 2.45) is 11.5 Å². The lowest BCUT2D eigenvalue weighted by molar-refractivity contribution is 0.275. The summed E-state index contributed by atoms with van der Waals surface area (Å²) in [7, 11) is 0. The van der Waals surface area contributed by atoms with Gasteiger partial charge in [0.1, 0.15) is 5.75 Å². The maximum atomic E-state index is 9.59. The Morgan fingerprint density at radius 2 is 2.08 bits per heavy atom. The first-order valence-electron chi connectivity index (χ1n) is 4.08. The van der Waals surface area contributed by atoms with Gasteiger partial charge in [0, 0.05) is 23.7 Å². The topological polar surface area (TPSA) is 92.5 Å². The first-order valence-corrected chi connectivity index (χ1v) is 4.08. The van der Waals surface area contributed by atoms with Crippen molar-refractivity contribution in [2.45, 2.75) is 12.6 Å². The smallest absolute Gasteiger partial charge is 0.125 e. The van der Waals surface area contributed by atoms with E-state index in [9.17, 15) is 5.11 Å². The number of nitrogens with two attached hydrogens (primary N) is 2. The Kier molecular flexibility index (Phi) is 3.25. The van der Waals surface area contributed by atoms with E-state index in [-0.39, 0.29) is 24.9 Å². The number of aliphatic hydroxyl groups is 1. The first-order chi connectivity index (χ1) is 6.20. The van der Waals surface area contributed by atoms with Crippen LogP contribution < -0.4 is 11.5 Å². The fourth-order valence-electron chi connectivity index (χ4n) is 1.16. The van der Waals surface area contributed by atoms with Crippen LogP contribution in [0.2, 0.25) is 0 Å². The first kappa shape index (κ1) is 9.98. The van der Waals surface area contributed by atoms with E-state index in [2.05, 4.69) is 0 Å². The Balaban J connectivity index is 3.08. The van der Waals surface area contributed by atoms with Gasteiger partial charge in [-0.1, -0.05) is 18.2 Å². The normalized spacial score (nSPS) is 12.8. The van der Waals surface area contributed by atoms with E-state index in [1.165, 1.54) is 0 Å². The third-order valence-corrected chi connectivity index (χ3v) is 1.97. The SMILES string of the molecule is NCC(N)c1cccc(CO)c1O. The molecule has 0 aromatic heterocycles. The number of hydrogen-bond acceptors (Lipinski definition) is 4. The van der Waals surface area contributed by atoms with Gasteiger partial charge in [-0.25, -0.2) is 0 Å². The molecule has 0 saturated carbocycles. The number of rotatable bonds is 3. The molecule has 0 bridgehead atoms. The lowest BCUT2D eigenvalue weighted by atomic mass is 10.0. The third-order valence-electron chi connectivity index (χ3n) is 1.97. The molecule has 0 aliphatic carbocycles. The Morgan fingerprint density at radius 3 is 2.62 bits per heavy atom. The predicted octanol–water partition coefficient (Wildman–Crippen LogP) is -0.157. The van der Waals surface area contributed by atoms with Crippen LogP contribution in [0, 0.1) is 0 Å². The average molecular weight is 182 g/mol. The Hall–Kier alpha value is -1.10. The molecule has 1 rings (SSSR count). The molecule has 0 fully saturated rings. The lowest BCUT2D eigenvalue weighted by Gasteiger charge is -2.12. The minimum Gasteiger partial charge on any atom is -0.507 e. The van der Waals surface area contributed by atoms with Gasteiger partial charge in [-0.05, 0) is 0 Å². The number of para-hydroxylation sites is 1. The van der Waals surface area contributed by atoms with Crippen LogP contribution in [0.4, 0.5) is 0 Å². The summed E-state index contributed by atoms with van der Waals surface area (Å²) in [5.74, 6) is 0.0444. The van der Waals surface area contributed by atoms with Crippen LogP contribution in [0.25, 0.3) is 0 Å². The van der Waals surface area contributed by atoms with Crippen LogP contribution in [-0.2, 0) is 6.61 Å². The van der Waals surface area contributed by atoms with Crippen molar-refractivity contribution in [3.8, 4) is 5.75 Å². The molecule has 0 amide bonds. The van der Waals surface area contributed by atoms with E-state index in [0.29, 0.717) is 11.1 Å². The second-order valence-corrected chi connectivity index (χ2v) is 2.86. The largest absolute Gasteiger partial charge is 0.507 e. The van der Waals surface area contributed by atoms with E-state index in [1.54, 1.807) is 18.2 Å². The van der Waals surface area contributed by atoms with Crippen LogP contribution in [0.1, 0.15) is 17.2 Å². The van der Waals surface area contributed by atoms with E-state index in [1.807, 2.05) is 0 Å². The minimum absolute atomic E-state index is 0.0444. The van der Waals surface area contributed by atoms with Crippen molar-refractivity contribution in [3.63, 3.8) is 0 Å². The van der Waals surface area contributed by atoms with Crippen molar-refractivity contribution < 1.29 is 10.2 Å². The highest BCUT2D eigenvalue weighted by Crippen LogP contribution is 2.26. The highest BCUT2D eigenvalue weighted by molar-refractivity contribution is 5.41. The molecule has 1 atom stereocenters. The zero-order valence-corrected chi connectivity index (χ0v) is 7.27. The molecule has 1 aromatic rings. The molecular formula is C9H14N2O2. The summed E-state index contributed by atoms with van der Waals surface area (Å²) < 4.78 is 0. The van der Waals surface area contributed by atoms with Gasteiger partial charge in [-0.15, -0.1) is 0 Å². The second-order valence-electron chi connectivity index (χ2n) is 2.86.